The van der Waals surface area contributed by atoms with E-state index in [-0.39, 0.29) is 24.2 Å². The van der Waals surface area contributed by atoms with Crippen molar-refractivity contribution in [2.24, 2.45) is 29.1 Å². The highest BCUT2D eigenvalue weighted by Gasteiger charge is 2.51. The van der Waals surface area contributed by atoms with Gasteiger partial charge in [0.15, 0.2) is 0 Å². The van der Waals surface area contributed by atoms with E-state index >= 15 is 0 Å². The number of hydrogen-bond acceptors (Lipinski definition) is 4. The molecule has 0 aromatic carbocycles. The van der Waals surface area contributed by atoms with Gasteiger partial charge in [-0.1, -0.05) is 45.1 Å². The van der Waals surface area contributed by atoms with Crippen LogP contribution in [0.2, 0.25) is 0 Å². The topological polar surface area (TPSA) is 63.9 Å². The van der Waals surface area contributed by atoms with Gasteiger partial charge in [0, 0.05) is 25.6 Å². The highest BCUT2D eigenvalue weighted by Crippen LogP contribution is 2.59. The molecule has 4 fully saturated rings. The summed E-state index contributed by atoms with van der Waals surface area (Å²) in [6, 6.07) is 0. The largest absolute Gasteiger partial charge is 0.392 e. The van der Waals surface area contributed by atoms with E-state index in [9.17, 15) is 24.1 Å². The van der Waals surface area contributed by atoms with Gasteiger partial charge in [-0.2, -0.15) is 0 Å². The van der Waals surface area contributed by atoms with Crippen molar-refractivity contribution < 1.29 is 24.1 Å². The molecule has 198 valence electrons. The molecule has 4 rings (SSSR count). The average Bonchev–Trinajstić information content (AvgIpc) is 3.18. The molecule has 1 saturated heterocycles. The highest BCUT2D eigenvalue weighted by molar-refractivity contribution is 5.39. The Balaban J connectivity index is 1.42. The molecule has 3 N–H and O–H groups in total. The summed E-state index contributed by atoms with van der Waals surface area (Å²) in [7, 11) is 0. The second kappa shape index (κ2) is 10.4. The number of allylic oxidation sites excluding steroid dienone is 3. The van der Waals surface area contributed by atoms with Crippen molar-refractivity contribution in [3.05, 3.63) is 35.5 Å². The Morgan fingerprint density at radius 2 is 1.83 bits per heavy atom. The summed E-state index contributed by atoms with van der Waals surface area (Å²) in [5.74, 6) is 1.42. The molecular formula is C29H45F2NO3. The van der Waals surface area contributed by atoms with Crippen LogP contribution in [0.25, 0.3) is 0 Å². The van der Waals surface area contributed by atoms with Crippen LogP contribution in [0.1, 0.15) is 72.1 Å². The van der Waals surface area contributed by atoms with Crippen molar-refractivity contribution in [1.29, 1.82) is 0 Å². The van der Waals surface area contributed by atoms with Gasteiger partial charge < -0.3 is 20.2 Å². The van der Waals surface area contributed by atoms with Crippen LogP contribution in [0.5, 0.6) is 0 Å². The SMILES string of the molecule is C=C1/C(=C\C=C2/CCC[C@]3(C)[C@@H](C(C)CN4CCC(O)(C(F)F)CC4)CC[C@@H]23)C[C@@H](O)[C@H](C)[C@@H]1O. The van der Waals surface area contributed by atoms with Gasteiger partial charge in [0.1, 0.15) is 5.60 Å². The molecule has 0 radical (unpaired) electrons. The van der Waals surface area contributed by atoms with E-state index in [0.717, 1.165) is 24.1 Å². The van der Waals surface area contributed by atoms with Gasteiger partial charge >= 0.3 is 0 Å². The first-order valence-corrected chi connectivity index (χ1v) is 13.6. The summed E-state index contributed by atoms with van der Waals surface area (Å²) in [5.41, 5.74) is 1.60. The zero-order valence-electron chi connectivity index (χ0n) is 21.7. The summed E-state index contributed by atoms with van der Waals surface area (Å²) in [6.45, 7) is 12.7. The van der Waals surface area contributed by atoms with E-state index < -0.39 is 24.2 Å². The Kier molecular flexibility index (Phi) is 7.98. The number of rotatable bonds is 5. The third-order valence-corrected chi connectivity index (χ3v) is 10.2. The highest BCUT2D eigenvalue weighted by atomic mass is 19.3. The number of hydrogen-bond donors (Lipinski definition) is 3. The first-order chi connectivity index (χ1) is 16.5. The second-order valence-corrected chi connectivity index (χ2v) is 12.3. The number of fused-ring (bicyclic) bond motifs is 1. The molecule has 35 heavy (non-hydrogen) atoms. The third-order valence-electron chi connectivity index (χ3n) is 10.2. The number of aliphatic hydroxyl groups is 3. The lowest BCUT2D eigenvalue weighted by Crippen LogP contribution is -2.50. The zero-order valence-corrected chi connectivity index (χ0v) is 21.7. The number of nitrogens with zero attached hydrogens (tertiary/aromatic N) is 1. The van der Waals surface area contributed by atoms with E-state index in [2.05, 4.69) is 37.5 Å². The van der Waals surface area contributed by atoms with Gasteiger partial charge in [0.05, 0.1) is 12.2 Å². The minimum Gasteiger partial charge on any atom is -0.392 e. The van der Waals surface area contributed by atoms with Crippen molar-refractivity contribution in [2.45, 2.75) is 96.4 Å². The number of halogens is 2. The Morgan fingerprint density at radius 3 is 2.49 bits per heavy atom. The third kappa shape index (κ3) is 5.18. The molecule has 1 aliphatic heterocycles. The standard InChI is InChI=1S/C29H45F2NO3/c1-18(17-32-14-12-29(35,13-15-32)27(30)31)23-9-10-24-21(6-5-11-28(23,24)4)7-8-22-16-25(33)20(3)26(34)19(22)2/h7-8,18,20,23-27,33-35H,2,5-6,9-17H2,1,3-4H3/b21-7+,22-8-/t18?,20-,23+,24-,25+,26+,28+/m0/s1. The Morgan fingerprint density at radius 1 is 1.14 bits per heavy atom. The molecule has 6 heteroatoms. The molecule has 0 amide bonds. The lowest BCUT2D eigenvalue weighted by atomic mass is 9.61. The summed E-state index contributed by atoms with van der Waals surface area (Å²) in [6.07, 6.45) is 7.12. The van der Waals surface area contributed by atoms with E-state index in [1.807, 2.05) is 6.92 Å². The number of likely N-dealkylation sites (tertiary alicyclic amines) is 1. The minimum atomic E-state index is -2.67. The van der Waals surface area contributed by atoms with E-state index in [4.69, 9.17) is 0 Å². The quantitative estimate of drug-likeness (QED) is 0.499. The van der Waals surface area contributed by atoms with Crippen molar-refractivity contribution in [1.82, 2.24) is 4.90 Å². The van der Waals surface area contributed by atoms with Crippen molar-refractivity contribution in [3.63, 3.8) is 0 Å². The monoisotopic (exact) mass is 493 g/mol. The average molecular weight is 494 g/mol. The van der Waals surface area contributed by atoms with E-state index in [1.165, 1.54) is 31.3 Å². The summed E-state index contributed by atoms with van der Waals surface area (Å²) >= 11 is 0. The van der Waals surface area contributed by atoms with Crippen molar-refractivity contribution in [3.8, 4) is 0 Å². The lowest BCUT2D eigenvalue weighted by Gasteiger charge is -2.46. The van der Waals surface area contributed by atoms with Crippen LogP contribution in [0.15, 0.2) is 35.5 Å². The molecule has 0 aromatic rings. The van der Waals surface area contributed by atoms with Crippen LogP contribution in [0.3, 0.4) is 0 Å². The first kappa shape index (κ1) is 27.0. The number of piperidine rings is 1. The molecular weight excluding hydrogens is 448 g/mol. The molecule has 4 nitrogen and oxygen atoms in total. The normalized spacial score (nSPS) is 41.5. The van der Waals surface area contributed by atoms with E-state index in [0.29, 0.717) is 37.3 Å². The molecule has 0 spiro atoms. The zero-order chi connectivity index (χ0) is 25.5. The maximum Gasteiger partial charge on any atom is 0.266 e. The summed E-state index contributed by atoms with van der Waals surface area (Å²) < 4.78 is 26.3. The van der Waals surface area contributed by atoms with Gasteiger partial charge in [-0.15, -0.1) is 0 Å². The van der Waals surface area contributed by atoms with Crippen LogP contribution in [-0.2, 0) is 0 Å². The van der Waals surface area contributed by atoms with Crippen molar-refractivity contribution in [2.75, 3.05) is 19.6 Å². The van der Waals surface area contributed by atoms with Crippen LogP contribution >= 0.6 is 0 Å². The fraction of sp³-hybridized carbons (Fsp3) is 0.793. The minimum absolute atomic E-state index is 0.150. The predicted molar refractivity (Wildman–Crippen MR) is 135 cm³/mol. The van der Waals surface area contributed by atoms with E-state index in [1.54, 1.807) is 0 Å². The van der Waals surface area contributed by atoms with Gasteiger partial charge in [-0.3, -0.25) is 0 Å². The molecule has 1 unspecified atom stereocenters. The van der Waals surface area contributed by atoms with Crippen molar-refractivity contribution >= 4 is 0 Å². The van der Waals surface area contributed by atoms with Gasteiger partial charge in [0.2, 0.25) is 0 Å². The van der Waals surface area contributed by atoms with Gasteiger partial charge in [-0.05, 0) is 85.7 Å². The van der Waals surface area contributed by atoms with Gasteiger partial charge in [0.25, 0.3) is 6.43 Å². The molecule has 3 saturated carbocycles. The molecule has 3 aliphatic carbocycles. The molecule has 0 bridgehead atoms. The smallest absolute Gasteiger partial charge is 0.266 e. The second-order valence-electron chi connectivity index (χ2n) is 12.3. The van der Waals surface area contributed by atoms with Crippen LogP contribution in [-0.4, -0.2) is 64.1 Å². The lowest BCUT2D eigenvalue weighted by molar-refractivity contribution is -0.128. The molecule has 1 heterocycles. The summed E-state index contributed by atoms with van der Waals surface area (Å²) in [4.78, 5) is 2.27. The van der Waals surface area contributed by atoms with Crippen LogP contribution < -0.4 is 0 Å². The number of alkyl halides is 2. The van der Waals surface area contributed by atoms with Gasteiger partial charge in [-0.25, -0.2) is 8.78 Å². The van der Waals surface area contributed by atoms with Crippen LogP contribution in [0.4, 0.5) is 8.78 Å². The maximum atomic E-state index is 13.2. The molecule has 7 atom stereocenters. The molecule has 0 aromatic heterocycles. The Hall–Kier alpha value is -1.08. The Labute approximate surface area is 209 Å². The predicted octanol–water partition coefficient (Wildman–Crippen LogP) is 5.10. The van der Waals surface area contributed by atoms with Crippen LogP contribution in [0, 0.1) is 29.1 Å². The Bertz CT molecular complexity index is 847. The fourth-order valence-corrected chi connectivity index (χ4v) is 7.73. The summed E-state index contributed by atoms with van der Waals surface area (Å²) in [5, 5.41) is 30.9. The fourth-order valence-electron chi connectivity index (χ4n) is 7.73. The first-order valence-electron chi connectivity index (χ1n) is 13.6. The molecule has 4 aliphatic rings. The maximum absolute atomic E-state index is 13.2. The number of aliphatic hydroxyl groups excluding tert-OH is 2.